The number of likely N-dealkylation sites (tertiary alicyclic amines) is 1. The second-order valence-corrected chi connectivity index (χ2v) is 10.5. The molecule has 192 valence electrons. The highest BCUT2D eigenvalue weighted by Gasteiger charge is 2.26. The van der Waals surface area contributed by atoms with Gasteiger partial charge in [0.2, 0.25) is 0 Å². The smallest absolute Gasteiger partial charge is 0.326 e. The number of benzene rings is 1. The molecule has 36 heavy (non-hydrogen) atoms. The Bertz CT molecular complexity index is 1410. The minimum atomic E-state index is -0.0180. The van der Waals surface area contributed by atoms with Gasteiger partial charge in [-0.05, 0) is 60.5 Å². The van der Waals surface area contributed by atoms with E-state index in [1.54, 1.807) is 11.6 Å². The maximum absolute atomic E-state index is 13.3. The van der Waals surface area contributed by atoms with Crippen LogP contribution in [0, 0.1) is 5.92 Å². The zero-order chi connectivity index (χ0) is 25.4. The van der Waals surface area contributed by atoms with Crippen molar-refractivity contribution in [1.82, 2.24) is 29.0 Å². The molecule has 3 aromatic heterocycles. The number of pyridine rings is 1. The Kier molecular flexibility index (Phi) is 6.88. The quantitative estimate of drug-likeness (QED) is 0.365. The highest BCUT2D eigenvalue weighted by Crippen LogP contribution is 2.36. The number of nitrogens with zero attached hydrogens (tertiary/aromatic N) is 5. The van der Waals surface area contributed by atoms with Gasteiger partial charge < -0.3 is 14.6 Å². The van der Waals surface area contributed by atoms with Crippen LogP contribution in [0.2, 0.25) is 0 Å². The van der Waals surface area contributed by atoms with E-state index in [1.807, 2.05) is 16.8 Å². The molecule has 0 unspecified atom stereocenters. The molecule has 0 radical (unpaired) electrons. The highest BCUT2D eigenvalue weighted by molar-refractivity contribution is 5.85. The summed E-state index contributed by atoms with van der Waals surface area (Å²) in [6.07, 6.45) is 8.07. The van der Waals surface area contributed by atoms with Crippen molar-refractivity contribution in [3.63, 3.8) is 0 Å². The van der Waals surface area contributed by atoms with Crippen LogP contribution in [0.1, 0.15) is 70.9 Å². The molecule has 0 saturated carbocycles. The summed E-state index contributed by atoms with van der Waals surface area (Å²) in [5, 5.41) is 4.33. The van der Waals surface area contributed by atoms with Crippen LogP contribution in [0.3, 0.4) is 0 Å². The summed E-state index contributed by atoms with van der Waals surface area (Å²) in [6, 6.07) is 6.52. The third kappa shape index (κ3) is 4.43. The van der Waals surface area contributed by atoms with Crippen molar-refractivity contribution in [2.45, 2.75) is 65.3 Å². The predicted molar refractivity (Wildman–Crippen MR) is 144 cm³/mol. The van der Waals surface area contributed by atoms with E-state index in [0.717, 1.165) is 60.6 Å². The maximum Gasteiger partial charge on any atom is 0.326 e. The second kappa shape index (κ2) is 10.1. The summed E-state index contributed by atoms with van der Waals surface area (Å²) < 4.78 is 9.36. The highest BCUT2D eigenvalue weighted by atomic mass is 16.5. The molecule has 1 aliphatic rings. The Morgan fingerprint density at radius 2 is 2.00 bits per heavy atom. The normalized spacial score (nSPS) is 17.1. The number of rotatable bonds is 8. The monoisotopic (exact) mass is 490 g/mol. The van der Waals surface area contributed by atoms with Crippen LogP contribution < -0.4 is 10.4 Å². The molecule has 0 aliphatic carbocycles. The van der Waals surface area contributed by atoms with Crippen LogP contribution in [-0.4, -0.2) is 55.8 Å². The van der Waals surface area contributed by atoms with Crippen molar-refractivity contribution in [2.75, 3.05) is 26.7 Å². The lowest BCUT2D eigenvalue weighted by molar-refractivity contribution is 0.151. The molecular formula is C28H38N6O2. The van der Waals surface area contributed by atoms with Crippen LogP contribution in [0.25, 0.3) is 27.8 Å². The Balaban J connectivity index is 1.57. The summed E-state index contributed by atoms with van der Waals surface area (Å²) in [4.78, 5) is 23.3. The van der Waals surface area contributed by atoms with Crippen molar-refractivity contribution in [3.8, 4) is 16.9 Å². The molecule has 1 aromatic carbocycles. The molecule has 1 saturated heterocycles. The summed E-state index contributed by atoms with van der Waals surface area (Å²) in [6.45, 7) is 12.1. The van der Waals surface area contributed by atoms with Gasteiger partial charge in [-0.25, -0.2) is 14.3 Å². The summed E-state index contributed by atoms with van der Waals surface area (Å²) in [5.74, 6) is 1.67. The fourth-order valence-corrected chi connectivity index (χ4v) is 5.79. The SMILES string of the molecule is CCC(CC)CN1CCC[C@H](n2c(=O)[nH]c3cc(-c4cc(OC)c5ncnn5c4)c(C(C)C)cc32)C1. The van der Waals surface area contributed by atoms with Crippen molar-refractivity contribution < 1.29 is 4.74 Å². The number of hydrogen-bond donors (Lipinski definition) is 1. The average Bonchev–Trinajstić information content (AvgIpc) is 3.49. The van der Waals surface area contributed by atoms with E-state index in [1.165, 1.54) is 24.7 Å². The Morgan fingerprint density at radius 1 is 1.19 bits per heavy atom. The molecule has 1 atom stereocenters. The third-order valence-electron chi connectivity index (χ3n) is 7.90. The second-order valence-electron chi connectivity index (χ2n) is 10.5. The molecule has 0 spiro atoms. The molecule has 5 rings (SSSR count). The molecule has 1 aliphatic heterocycles. The first-order valence-corrected chi connectivity index (χ1v) is 13.3. The van der Waals surface area contributed by atoms with E-state index >= 15 is 0 Å². The number of hydrogen-bond acceptors (Lipinski definition) is 5. The lowest BCUT2D eigenvalue weighted by atomic mass is 9.92. The Hall–Kier alpha value is -3.13. The average molecular weight is 491 g/mol. The summed E-state index contributed by atoms with van der Waals surface area (Å²) in [5.41, 5.74) is 5.78. The van der Waals surface area contributed by atoms with E-state index in [4.69, 9.17) is 4.74 Å². The molecule has 0 amide bonds. The van der Waals surface area contributed by atoms with Gasteiger partial charge in [0.15, 0.2) is 11.4 Å². The zero-order valence-corrected chi connectivity index (χ0v) is 22.1. The molecule has 8 nitrogen and oxygen atoms in total. The molecular weight excluding hydrogens is 452 g/mol. The van der Waals surface area contributed by atoms with Crippen molar-refractivity contribution in [1.29, 1.82) is 0 Å². The number of imidazole rings is 1. The van der Waals surface area contributed by atoms with Gasteiger partial charge in [-0.1, -0.05) is 40.5 Å². The topological polar surface area (TPSA) is 80.5 Å². The van der Waals surface area contributed by atoms with E-state index in [-0.39, 0.29) is 17.6 Å². The van der Waals surface area contributed by atoms with E-state index in [2.05, 4.69) is 59.8 Å². The number of nitrogens with one attached hydrogen (secondary N) is 1. The lowest BCUT2D eigenvalue weighted by Gasteiger charge is -2.35. The minimum absolute atomic E-state index is 0.0180. The van der Waals surface area contributed by atoms with Crippen LogP contribution >= 0.6 is 0 Å². The molecule has 4 aromatic rings. The number of H-pyrrole nitrogens is 1. The first-order chi connectivity index (χ1) is 17.4. The van der Waals surface area contributed by atoms with Gasteiger partial charge in [0.1, 0.15) is 6.33 Å². The first-order valence-electron chi connectivity index (χ1n) is 13.3. The summed E-state index contributed by atoms with van der Waals surface area (Å²) in [7, 11) is 1.65. The van der Waals surface area contributed by atoms with E-state index in [0.29, 0.717) is 11.4 Å². The fraction of sp³-hybridized carbons (Fsp3) is 0.536. The van der Waals surface area contributed by atoms with Crippen LogP contribution in [0.5, 0.6) is 5.75 Å². The van der Waals surface area contributed by atoms with Crippen molar-refractivity contribution >= 4 is 16.7 Å². The van der Waals surface area contributed by atoms with Gasteiger partial charge in [-0.15, -0.1) is 0 Å². The minimum Gasteiger partial charge on any atom is -0.493 e. The standard InChI is InChI=1S/C28H38N6O2/c1-6-19(7-2)14-32-10-8-9-21(16-32)34-25-13-22(18(3)4)23(12-24(25)31-28(34)35)20-11-26(36-5)27-29-17-30-33(27)15-20/h11-13,15,17-19,21H,6-10,14,16H2,1-5H3,(H,31,35)/t21-/m0/s1. The molecule has 0 bridgehead atoms. The van der Waals surface area contributed by atoms with Gasteiger partial charge in [0.05, 0.1) is 24.2 Å². The van der Waals surface area contributed by atoms with Crippen molar-refractivity contribution in [3.05, 3.63) is 46.8 Å². The van der Waals surface area contributed by atoms with Gasteiger partial charge >= 0.3 is 5.69 Å². The lowest BCUT2D eigenvalue weighted by Crippen LogP contribution is -2.41. The molecule has 8 heteroatoms. The Labute approximate surface area is 212 Å². The summed E-state index contributed by atoms with van der Waals surface area (Å²) >= 11 is 0. The molecule has 4 heterocycles. The van der Waals surface area contributed by atoms with Gasteiger partial charge in [-0.2, -0.15) is 5.10 Å². The number of aromatic amines is 1. The maximum atomic E-state index is 13.3. The fourth-order valence-electron chi connectivity index (χ4n) is 5.79. The number of aromatic nitrogens is 5. The molecule has 1 fully saturated rings. The predicted octanol–water partition coefficient (Wildman–Crippen LogP) is 5.24. The first kappa shape index (κ1) is 24.6. The van der Waals surface area contributed by atoms with E-state index < -0.39 is 0 Å². The molecule has 1 N–H and O–H groups in total. The third-order valence-corrected chi connectivity index (χ3v) is 7.90. The van der Waals surface area contributed by atoms with E-state index in [9.17, 15) is 4.79 Å². The number of fused-ring (bicyclic) bond motifs is 2. The number of ether oxygens (including phenoxy) is 1. The number of piperidine rings is 1. The van der Waals surface area contributed by atoms with Gasteiger partial charge in [0, 0.05) is 24.8 Å². The van der Waals surface area contributed by atoms with Crippen LogP contribution in [-0.2, 0) is 0 Å². The van der Waals surface area contributed by atoms with Gasteiger partial charge in [0.25, 0.3) is 0 Å². The van der Waals surface area contributed by atoms with Crippen molar-refractivity contribution in [2.24, 2.45) is 5.92 Å². The number of methoxy groups -OCH3 is 1. The van der Waals surface area contributed by atoms with Gasteiger partial charge in [-0.3, -0.25) is 4.57 Å². The zero-order valence-electron chi connectivity index (χ0n) is 22.1. The van der Waals surface area contributed by atoms with Crippen LogP contribution in [0.4, 0.5) is 0 Å². The largest absolute Gasteiger partial charge is 0.493 e. The van der Waals surface area contributed by atoms with Crippen LogP contribution in [0.15, 0.2) is 35.5 Å². The Morgan fingerprint density at radius 3 is 2.72 bits per heavy atom.